The van der Waals surface area contributed by atoms with E-state index in [9.17, 15) is 9.18 Å². The van der Waals surface area contributed by atoms with Crippen LogP contribution in [0.15, 0.2) is 54.6 Å². The molecule has 2 aromatic carbocycles. The van der Waals surface area contributed by atoms with Crippen LogP contribution < -0.4 is 5.32 Å². The van der Waals surface area contributed by atoms with Gasteiger partial charge in [0.25, 0.3) is 0 Å². The molecule has 0 aromatic heterocycles. The summed E-state index contributed by atoms with van der Waals surface area (Å²) in [7, 11) is 0. The average molecular weight is 345 g/mol. The number of aliphatic carboxylic acids is 1. The zero-order valence-electron chi connectivity index (χ0n) is 14.1. The van der Waals surface area contributed by atoms with Crippen LogP contribution in [0.5, 0.6) is 0 Å². The summed E-state index contributed by atoms with van der Waals surface area (Å²) in [4.78, 5) is 10.2. The topological polar surface area (TPSA) is 69.6 Å². The van der Waals surface area contributed by atoms with Gasteiger partial charge in [-0.1, -0.05) is 42.5 Å². The molecular weight excluding hydrogens is 321 g/mol. The first-order valence-corrected chi connectivity index (χ1v) is 8.47. The standard InChI is InChI=1S/C12H16FN.C8H8O3/c13-12-5-3-10(4-6-12)8-11-2-1-7-14-9-11;9-7(8(10)11)6-4-2-1-3-5-6/h3-6,11,14H,1-2,7-9H2;1-5,7,9H,(H,10,11)/t;7-/m.0/s1. The molecule has 0 amide bonds. The molecule has 3 N–H and O–H groups in total. The van der Waals surface area contributed by atoms with E-state index in [0.29, 0.717) is 5.56 Å². The number of nitrogens with one attached hydrogen (secondary N) is 1. The van der Waals surface area contributed by atoms with E-state index in [1.54, 1.807) is 42.5 Å². The van der Waals surface area contributed by atoms with E-state index in [1.807, 2.05) is 12.1 Å². The minimum Gasteiger partial charge on any atom is -0.479 e. The second kappa shape index (κ2) is 9.91. The predicted octanol–water partition coefficient (Wildman–Crippen LogP) is 3.17. The van der Waals surface area contributed by atoms with Crippen molar-refractivity contribution in [1.82, 2.24) is 5.32 Å². The van der Waals surface area contributed by atoms with Crippen molar-refractivity contribution in [2.45, 2.75) is 25.4 Å². The van der Waals surface area contributed by atoms with Gasteiger partial charge in [-0.3, -0.25) is 0 Å². The Hall–Kier alpha value is -2.24. The normalized spacial score (nSPS) is 17.9. The van der Waals surface area contributed by atoms with Crippen LogP contribution in [0.3, 0.4) is 0 Å². The molecule has 2 aromatic rings. The molecule has 5 heteroatoms. The Morgan fingerprint density at radius 3 is 2.40 bits per heavy atom. The van der Waals surface area contributed by atoms with E-state index < -0.39 is 12.1 Å². The average Bonchev–Trinajstić information content (AvgIpc) is 2.65. The van der Waals surface area contributed by atoms with Crippen LogP contribution in [0.2, 0.25) is 0 Å². The SMILES string of the molecule is Fc1ccc(CC2CCCNC2)cc1.O=C(O)[C@@H](O)c1ccccc1. The zero-order chi connectivity index (χ0) is 18.1. The van der Waals surface area contributed by atoms with E-state index in [4.69, 9.17) is 10.2 Å². The summed E-state index contributed by atoms with van der Waals surface area (Å²) >= 11 is 0. The van der Waals surface area contributed by atoms with Gasteiger partial charge >= 0.3 is 5.97 Å². The monoisotopic (exact) mass is 345 g/mol. The quantitative estimate of drug-likeness (QED) is 0.796. The van der Waals surface area contributed by atoms with E-state index in [0.717, 1.165) is 25.4 Å². The number of hydrogen-bond donors (Lipinski definition) is 3. The first kappa shape index (κ1) is 19.1. The van der Waals surface area contributed by atoms with Crippen molar-refractivity contribution in [2.75, 3.05) is 13.1 Å². The number of piperidine rings is 1. The van der Waals surface area contributed by atoms with Crippen LogP contribution in [-0.2, 0) is 11.2 Å². The minimum atomic E-state index is -1.41. The third-order valence-corrected chi connectivity index (χ3v) is 4.19. The number of carboxylic acid groups (broad SMARTS) is 1. The van der Waals surface area contributed by atoms with E-state index in [2.05, 4.69) is 5.32 Å². The maximum Gasteiger partial charge on any atom is 0.337 e. The van der Waals surface area contributed by atoms with Crippen molar-refractivity contribution in [3.63, 3.8) is 0 Å². The highest BCUT2D eigenvalue weighted by atomic mass is 19.1. The van der Waals surface area contributed by atoms with Gasteiger partial charge in [0.15, 0.2) is 6.10 Å². The zero-order valence-corrected chi connectivity index (χ0v) is 14.1. The van der Waals surface area contributed by atoms with Gasteiger partial charge in [-0.15, -0.1) is 0 Å². The van der Waals surface area contributed by atoms with Gasteiger partial charge in [-0.05, 0) is 61.5 Å². The Labute approximate surface area is 147 Å². The molecule has 1 aliphatic rings. The predicted molar refractivity (Wildman–Crippen MR) is 94.7 cm³/mol. The molecule has 0 spiro atoms. The Morgan fingerprint density at radius 2 is 1.84 bits per heavy atom. The van der Waals surface area contributed by atoms with Crippen LogP contribution in [0.4, 0.5) is 4.39 Å². The first-order chi connectivity index (χ1) is 12.1. The number of aliphatic hydroxyl groups is 1. The minimum absolute atomic E-state index is 0.143. The summed E-state index contributed by atoms with van der Waals surface area (Å²) < 4.78 is 12.7. The second-order valence-electron chi connectivity index (χ2n) is 6.19. The Morgan fingerprint density at radius 1 is 1.16 bits per heavy atom. The smallest absolute Gasteiger partial charge is 0.337 e. The largest absolute Gasteiger partial charge is 0.479 e. The number of hydrogen-bond acceptors (Lipinski definition) is 3. The molecule has 0 aliphatic carbocycles. The number of carboxylic acids is 1. The molecule has 1 heterocycles. The number of halogens is 1. The van der Waals surface area contributed by atoms with Crippen molar-refractivity contribution in [3.05, 3.63) is 71.5 Å². The van der Waals surface area contributed by atoms with Gasteiger partial charge in [0.05, 0.1) is 0 Å². The first-order valence-electron chi connectivity index (χ1n) is 8.47. The van der Waals surface area contributed by atoms with Crippen molar-refractivity contribution in [2.24, 2.45) is 5.92 Å². The molecule has 2 atom stereocenters. The Kier molecular flexibility index (Phi) is 7.57. The Balaban J connectivity index is 0.000000186. The van der Waals surface area contributed by atoms with E-state index in [1.165, 1.54) is 18.4 Å². The van der Waals surface area contributed by atoms with Crippen LogP contribution in [0, 0.1) is 11.7 Å². The fraction of sp³-hybridized carbons (Fsp3) is 0.350. The molecule has 1 unspecified atom stereocenters. The highest BCUT2D eigenvalue weighted by molar-refractivity contribution is 5.73. The van der Waals surface area contributed by atoms with Crippen LogP contribution >= 0.6 is 0 Å². The van der Waals surface area contributed by atoms with Gasteiger partial charge in [-0.25, -0.2) is 9.18 Å². The lowest BCUT2D eigenvalue weighted by atomic mass is 9.92. The van der Waals surface area contributed by atoms with Crippen LogP contribution in [-0.4, -0.2) is 29.3 Å². The van der Waals surface area contributed by atoms with Crippen molar-refractivity contribution in [3.8, 4) is 0 Å². The second-order valence-corrected chi connectivity index (χ2v) is 6.19. The van der Waals surface area contributed by atoms with Crippen molar-refractivity contribution < 1.29 is 19.4 Å². The fourth-order valence-electron chi connectivity index (χ4n) is 2.83. The third-order valence-electron chi connectivity index (χ3n) is 4.19. The number of aliphatic hydroxyl groups excluding tert-OH is 1. The van der Waals surface area contributed by atoms with Gasteiger partial charge < -0.3 is 15.5 Å². The van der Waals surface area contributed by atoms with Crippen LogP contribution in [0.25, 0.3) is 0 Å². The summed E-state index contributed by atoms with van der Waals surface area (Å²) in [6.07, 6.45) is 2.24. The summed E-state index contributed by atoms with van der Waals surface area (Å²) in [5.41, 5.74) is 1.65. The van der Waals surface area contributed by atoms with Crippen molar-refractivity contribution >= 4 is 5.97 Å². The molecular formula is C20H24FNO3. The van der Waals surface area contributed by atoms with Crippen molar-refractivity contribution in [1.29, 1.82) is 0 Å². The number of carbonyl (C=O) groups is 1. The van der Waals surface area contributed by atoms with E-state index >= 15 is 0 Å². The molecule has 134 valence electrons. The lowest BCUT2D eigenvalue weighted by Gasteiger charge is -2.22. The Bertz CT molecular complexity index is 640. The molecule has 0 saturated carbocycles. The molecule has 1 aliphatic heterocycles. The lowest BCUT2D eigenvalue weighted by molar-refractivity contribution is -0.146. The van der Waals surface area contributed by atoms with Gasteiger partial charge in [0.2, 0.25) is 0 Å². The van der Waals surface area contributed by atoms with Gasteiger partial charge in [0.1, 0.15) is 5.82 Å². The van der Waals surface area contributed by atoms with Crippen LogP contribution in [0.1, 0.15) is 30.1 Å². The molecule has 1 fully saturated rings. The lowest BCUT2D eigenvalue weighted by Crippen LogP contribution is -2.30. The molecule has 0 radical (unpaired) electrons. The number of benzene rings is 2. The molecule has 25 heavy (non-hydrogen) atoms. The summed E-state index contributed by atoms with van der Waals surface area (Å²) in [5.74, 6) is -0.638. The number of rotatable bonds is 4. The molecule has 4 nitrogen and oxygen atoms in total. The van der Waals surface area contributed by atoms with Gasteiger partial charge in [0, 0.05) is 0 Å². The van der Waals surface area contributed by atoms with Gasteiger partial charge in [-0.2, -0.15) is 0 Å². The highest BCUT2D eigenvalue weighted by Gasteiger charge is 2.14. The third kappa shape index (κ3) is 6.64. The van der Waals surface area contributed by atoms with E-state index in [-0.39, 0.29) is 5.82 Å². The summed E-state index contributed by atoms with van der Waals surface area (Å²) in [6.45, 7) is 2.26. The molecule has 0 bridgehead atoms. The summed E-state index contributed by atoms with van der Waals surface area (Å²) in [5, 5.41) is 20.8. The maximum absolute atomic E-state index is 12.7. The maximum atomic E-state index is 12.7. The highest BCUT2D eigenvalue weighted by Crippen LogP contribution is 2.16. The fourth-order valence-corrected chi connectivity index (χ4v) is 2.83. The molecule has 3 rings (SSSR count). The summed E-state index contributed by atoms with van der Waals surface area (Å²) in [6, 6.07) is 15.1. The molecule has 1 saturated heterocycles.